The number of nitrogens with one attached hydrogen (secondary N) is 1. The fourth-order valence-corrected chi connectivity index (χ4v) is 3.84. The van der Waals surface area contributed by atoms with E-state index in [9.17, 15) is 0 Å². The highest BCUT2D eigenvalue weighted by molar-refractivity contribution is 5.45. The first-order chi connectivity index (χ1) is 12.7. The molecule has 0 spiro atoms. The van der Waals surface area contributed by atoms with E-state index < -0.39 is 0 Å². The van der Waals surface area contributed by atoms with Crippen molar-refractivity contribution in [3.05, 3.63) is 58.8 Å². The van der Waals surface area contributed by atoms with Crippen molar-refractivity contribution in [1.82, 2.24) is 10.3 Å². The zero-order valence-corrected chi connectivity index (χ0v) is 15.1. The Morgan fingerprint density at radius 3 is 3.12 bits per heavy atom. The van der Waals surface area contributed by atoms with Gasteiger partial charge in [-0.2, -0.15) is 5.26 Å². The van der Waals surface area contributed by atoms with Crippen LogP contribution in [0.2, 0.25) is 0 Å². The van der Waals surface area contributed by atoms with E-state index in [4.69, 9.17) is 15.0 Å². The van der Waals surface area contributed by atoms with Crippen LogP contribution < -0.4 is 10.2 Å². The highest BCUT2D eigenvalue weighted by Gasteiger charge is 2.27. The lowest BCUT2D eigenvalue weighted by atomic mass is 10.1. The standard InChI is InChI=1S/C21H24N4O/c1-15-13-23-9-10-25(15)20-8-6-18-5-7-19(21(18)24-20)26-14-17-4-2-3-16(11-17)12-22/h2-4,6,8,11,15,19,23H,5,7,9-10,13-14H2,1H3/t15-,19+/m1/s1. The van der Waals surface area contributed by atoms with Crippen molar-refractivity contribution in [2.75, 3.05) is 24.5 Å². The summed E-state index contributed by atoms with van der Waals surface area (Å²) in [6.45, 7) is 5.72. The lowest BCUT2D eigenvalue weighted by Gasteiger charge is -2.35. The molecule has 0 saturated carbocycles. The van der Waals surface area contributed by atoms with Gasteiger partial charge in [-0.25, -0.2) is 4.98 Å². The van der Waals surface area contributed by atoms with E-state index in [1.165, 1.54) is 5.56 Å². The van der Waals surface area contributed by atoms with Crippen LogP contribution in [0.1, 0.15) is 41.8 Å². The van der Waals surface area contributed by atoms with E-state index >= 15 is 0 Å². The van der Waals surface area contributed by atoms with Crippen molar-refractivity contribution in [2.45, 2.75) is 38.5 Å². The van der Waals surface area contributed by atoms with Crippen molar-refractivity contribution >= 4 is 5.82 Å². The van der Waals surface area contributed by atoms with E-state index in [1.807, 2.05) is 24.3 Å². The van der Waals surface area contributed by atoms with Gasteiger partial charge in [-0.1, -0.05) is 18.2 Å². The first-order valence-corrected chi connectivity index (χ1v) is 9.32. The second kappa shape index (κ2) is 7.45. The molecule has 1 fully saturated rings. The van der Waals surface area contributed by atoms with Crippen molar-refractivity contribution in [2.24, 2.45) is 0 Å². The first-order valence-electron chi connectivity index (χ1n) is 9.32. The lowest BCUT2D eigenvalue weighted by Crippen LogP contribution is -2.50. The van der Waals surface area contributed by atoms with Crippen LogP contribution in [0.4, 0.5) is 5.82 Å². The van der Waals surface area contributed by atoms with Gasteiger partial charge >= 0.3 is 0 Å². The van der Waals surface area contributed by atoms with Crippen LogP contribution >= 0.6 is 0 Å². The summed E-state index contributed by atoms with van der Waals surface area (Å²) in [6, 6.07) is 14.6. The maximum absolute atomic E-state index is 9.04. The number of nitrogens with zero attached hydrogens (tertiary/aromatic N) is 3. The summed E-state index contributed by atoms with van der Waals surface area (Å²) >= 11 is 0. The minimum Gasteiger partial charge on any atom is -0.367 e. The summed E-state index contributed by atoms with van der Waals surface area (Å²) in [5, 5.41) is 12.5. The Hall–Kier alpha value is -2.42. The summed E-state index contributed by atoms with van der Waals surface area (Å²) in [6.07, 6.45) is 2.03. The van der Waals surface area contributed by atoms with Crippen LogP contribution in [0.3, 0.4) is 0 Å². The molecule has 1 aromatic carbocycles. The number of nitriles is 1. The molecule has 5 heteroatoms. The Morgan fingerprint density at radius 2 is 2.27 bits per heavy atom. The maximum atomic E-state index is 9.04. The average molecular weight is 348 g/mol. The first kappa shape index (κ1) is 17.0. The van der Waals surface area contributed by atoms with E-state index in [0.717, 1.165) is 49.6 Å². The Bertz CT molecular complexity index is 829. The molecule has 5 nitrogen and oxygen atoms in total. The van der Waals surface area contributed by atoms with Crippen molar-refractivity contribution in [1.29, 1.82) is 5.26 Å². The predicted octanol–water partition coefficient (Wildman–Crippen LogP) is 2.96. The molecule has 0 bridgehead atoms. The molecule has 1 aromatic heterocycles. The number of fused-ring (bicyclic) bond motifs is 1. The third kappa shape index (κ3) is 3.44. The number of pyridine rings is 1. The minimum absolute atomic E-state index is 0.0360. The number of piperazine rings is 1. The van der Waals surface area contributed by atoms with Crippen LogP contribution in [0.15, 0.2) is 36.4 Å². The Labute approximate surface area is 154 Å². The van der Waals surface area contributed by atoms with Gasteiger partial charge in [0.05, 0.1) is 23.9 Å². The molecular weight excluding hydrogens is 324 g/mol. The molecule has 2 atom stereocenters. The largest absolute Gasteiger partial charge is 0.367 e. The van der Waals surface area contributed by atoms with Crippen molar-refractivity contribution < 1.29 is 4.74 Å². The zero-order chi connectivity index (χ0) is 17.9. The van der Waals surface area contributed by atoms with Crippen molar-refractivity contribution in [3.8, 4) is 6.07 Å². The molecule has 2 aromatic rings. The molecule has 1 aliphatic carbocycles. The normalized spacial score (nSPS) is 22.1. The van der Waals surface area contributed by atoms with E-state index in [1.54, 1.807) is 0 Å². The minimum atomic E-state index is 0.0360. The molecule has 2 aliphatic rings. The van der Waals surface area contributed by atoms with E-state index in [0.29, 0.717) is 18.2 Å². The number of aromatic nitrogens is 1. The van der Waals surface area contributed by atoms with Crippen molar-refractivity contribution in [3.63, 3.8) is 0 Å². The fourth-order valence-electron chi connectivity index (χ4n) is 3.84. The SMILES string of the molecule is C[C@@H]1CNCCN1c1ccc2c(n1)[C@@H](OCc1cccc(C#N)c1)CC2. The van der Waals surface area contributed by atoms with Crippen LogP contribution in [-0.4, -0.2) is 30.7 Å². The lowest BCUT2D eigenvalue weighted by molar-refractivity contribution is 0.0386. The smallest absolute Gasteiger partial charge is 0.129 e. The van der Waals surface area contributed by atoms with Crippen LogP contribution in [0.25, 0.3) is 0 Å². The Balaban J connectivity index is 1.49. The predicted molar refractivity (Wildman–Crippen MR) is 101 cm³/mol. The molecule has 0 radical (unpaired) electrons. The summed E-state index contributed by atoms with van der Waals surface area (Å²) < 4.78 is 6.18. The van der Waals surface area contributed by atoms with Crippen LogP contribution in [0, 0.1) is 11.3 Å². The van der Waals surface area contributed by atoms with Gasteiger partial charge in [0.1, 0.15) is 11.9 Å². The highest BCUT2D eigenvalue weighted by atomic mass is 16.5. The second-order valence-electron chi connectivity index (χ2n) is 7.11. The zero-order valence-electron chi connectivity index (χ0n) is 15.1. The van der Waals surface area contributed by atoms with Gasteiger partial charge in [0.25, 0.3) is 0 Å². The quantitative estimate of drug-likeness (QED) is 0.920. The summed E-state index contributed by atoms with van der Waals surface area (Å²) in [5.74, 6) is 1.06. The van der Waals surface area contributed by atoms with Gasteiger partial charge in [0.15, 0.2) is 0 Å². The Kier molecular flexibility index (Phi) is 4.87. The topological polar surface area (TPSA) is 61.2 Å². The molecule has 4 rings (SSSR count). The summed E-state index contributed by atoms with van der Waals surface area (Å²) in [7, 11) is 0. The summed E-state index contributed by atoms with van der Waals surface area (Å²) in [5.41, 5.74) is 4.09. The second-order valence-corrected chi connectivity index (χ2v) is 7.11. The monoisotopic (exact) mass is 348 g/mol. The van der Waals surface area contributed by atoms with Gasteiger partial charge in [0.2, 0.25) is 0 Å². The molecular formula is C21H24N4O. The average Bonchev–Trinajstić information content (AvgIpc) is 3.09. The van der Waals surface area contributed by atoms with Gasteiger partial charge in [0, 0.05) is 25.7 Å². The number of aryl methyl sites for hydroxylation is 1. The van der Waals surface area contributed by atoms with Crippen LogP contribution in [-0.2, 0) is 17.8 Å². The van der Waals surface area contributed by atoms with Crippen LogP contribution in [0.5, 0.6) is 0 Å². The molecule has 134 valence electrons. The van der Waals surface area contributed by atoms with Gasteiger partial charge in [-0.05, 0) is 49.1 Å². The number of hydrogen-bond acceptors (Lipinski definition) is 5. The fraction of sp³-hybridized carbons (Fsp3) is 0.429. The number of rotatable bonds is 4. The number of anilines is 1. The van der Waals surface area contributed by atoms with E-state index in [-0.39, 0.29) is 6.10 Å². The molecule has 1 N–H and O–H groups in total. The molecule has 0 unspecified atom stereocenters. The van der Waals surface area contributed by atoms with E-state index in [2.05, 4.69) is 35.3 Å². The summed E-state index contributed by atoms with van der Waals surface area (Å²) in [4.78, 5) is 7.35. The van der Waals surface area contributed by atoms with Gasteiger partial charge in [-0.15, -0.1) is 0 Å². The number of benzene rings is 1. The number of ether oxygens (including phenoxy) is 1. The highest BCUT2D eigenvalue weighted by Crippen LogP contribution is 2.35. The maximum Gasteiger partial charge on any atom is 0.129 e. The Morgan fingerprint density at radius 1 is 1.35 bits per heavy atom. The van der Waals surface area contributed by atoms with Gasteiger partial charge < -0.3 is 15.0 Å². The molecule has 1 aliphatic heterocycles. The number of hydrogen-bond donors (Lipinski definition) is 1. The molecule has 2 heterocycles. The molecule has 26 heavy (non-hydrogen) atoms. The molecule has 0 amide bonds. The third-order valence-electron chi connectivity index (χ3n) is 5.28. The third-order valence-corrected chi connectivity index (χ3v) is 5.28. The molecule has 1 saturated heterocycles. The van der Waals surface area contributed by atoms with Gasteiger partial charge in [-0.3, -0.25) is 0 Å².